The van der Waals surface area contributed by atoms with Gasteiger partial charge < -0.3 is 14.8 Å². The van der Waals surface area contributed by atoms with E-state index in [0.29, 0.717) is 35.3 Å². The molecular formula is C19H23N3O5S. The summed E-state index contributed by atoms with van der Waals surface area (Å²) in [6.45, 7) is 6.24. The maximum Gasteiger partial charge on any atom is 0.413 e. The number of esters is 1. The fraction of sp³-hybridized carbons (Fsp3) is 0.368. The second-order valence-corrected chi connectivity index (χ2v) is 7.14. The van der Waals surface area contributed by atoms with E-state index in [4.69, 9.17) is 9.47 Å². The Bertz CT molecular complexity index is 817. The van der Waals surface area contributed by atoms with Gasteiger partial charge in [0.1, 0.15) is 0 Å². The molecule has 2 N–H and O–H groups in total. The van der Waals surface area contributed by atoms with Crippen molar-refractivity contribution in [3.05, 3.63) is 40.9 Å². The molecule has 0 aliphatic heterocycles. The molecule has 1 aromatic heterocycles. The number of carbonyl (C=O) groups excluding carboxylic acids is 3. The first kappa shape index (κ1) is 21.4. The normalized spacial score (nSPS) is 10.4. The molecule has 0 radical (unpaired) electrons. The van der Waals surface area contributed by atoms with Gasteiger partial charge in [-0.2, -0.15) is 0 Å². The van der Waals surface area contributed by atoms with Crippen LogP contribution in [0.1, 0.15) is 36.8 Å². The minimum Gasteiger partial charge on any atom is -0.462 e. The van der Waals surface area contributed by atoms with Crippen molar-refractivity contribution < 1.29 is 23.9 Å². The third-order valence-electron chi connectivity index (χ3n) is 3.33. The molecule has 1 aromatic carbocycles. The number of nitrogens with zero attached hydrogens (tertiary/aromatic N) is 1. The Hall–Kier alpha value is -2.94. The summed E-state index contributed by atoms with van der Waals surface area (Å²) in [5.74, 6) is -0.425. The van der Waals surface area contributed by atoms with Gasteiger partial charge in [0.05, 0.1) is 30.9 Å². The van der Waals surface area contributed by atoms with Crippen LogP contribution < -0.4 is 10.6 Å². The molecule has 0 aliphatic rings. The molecular weight excluding hydrogens is 382 g/mol. The van der Waals surface area contributed by atoms with E-state index in [9.17, 15) is 14.4 Å². The third kappa shape index (κ3) is 6.99. The zero-order valence-corrected chi connectivity index (χ0v) is 16.8. The van der Waals surface area contributed by atoms with Gasteiger partial charge in [-0.15, -0.1) is 11.3 Å². The maximum absolute atomic E-state index is 12.2. The Balaban J connectivity index is 1.84. The molecule has 0 saturated heterocycles. The van der Waals surface area contributed by atoms with Crippen LogP contribution in [0.25, 0.3) is 0 Å². The van der Waals surface area contributed by atoms with Crippen molar-refractivity contribution in [3.63, 3.8) is 0 Å². The lowest BCUT2D eigenvalue weighted by Gasteiger charge is -2.06. The number of anilines is 2. The lowest BCUT2D eigenvalue weighted by molar-refractivity contribution is -0.115. The summed E-state index contributed by atoms with van der Waals surface area (Å²) >= 11 is 1.22. The van der Waals surface area contributed by atoms with Crippen LogP contribution in [0.3, 0.4) is 0 Å². The largest absolute Gasteiger partial charge is 0.462 e. The number of aromatic nitrogens is 1. The third-order valence-corrected chi connectivity index (χ3v) is 4.14. The van der Waals surface area contributed by atoms with Crippen LogP contribution >= 0.6 is 11.3 Å². The summed E-state index contributed by atoms with van der Waals surface area (Å²) in [6, 6.07) is 6.42. The number of amides is 2. The number of benzene rings is 1. The number of carbonyl (C=O) groups is 3. The van der Waals surface area contributed by atoms with Crippen molar-refractivity contribution in [3.8, 4) is 0 Å². The smallest absolute Gasteiger partial charge is 0.413 e. The topological polar surface area (TPSA) is 107 Å². The Morgan fingerprint density at radius 2 is 1.82 bits per heavy atom. The summed E-state index contributed by atoms with van der Waals surface area (Å²) in [4.78, 5) is 39.6. The SMILES string of the molecule is CCOC(=O)c1ccc(NC(=O)Cc2csc(NC(=O)OCC(C)C)n2)cc1. The van der Waals surface area contributed by atoms with Gasteiger partial charge in [0.25, 0.3) is 0 Å². The van der Waals surface area contributed by atoms with Crippen molar-refractivity contribution in [1.82, 2.24) is 4.98 Å². The van der Waals surface area contributed by atoms with Gasteiger partial charge in [0, 0.05) is 11.1 Å². The highest BCUT2D eigenvalue weighted by Gasteiger charge is 2.12. The zero-order chi connectivity index (χ0) is 20.5. The summed E-state index contributed by atoms with van der Waals surface area (Å²) in [7, 11) is 0. The van der Waals surface area contributed by atoms with E-state index >= 15 is 0 Å². The van der Waals surface area contributed by atoms with E-state index in [2.05, 4.69) is 15.6 Å². The molecule has 0 unspecified atom stereocenters. The molecule has 1 heterocycles. The van der Waals surface area contributed by atoms with E-state index < -0.39 is 12.1 Å². The van der Waals surface area contributed by atoms with Gasteiger partial charge in [-0.05, 0) is 37.1 Å². The van der Waals surface area contributed by atoms with Gasteiger partial charge >= 0.3 is 12.1 Å². The molecule has 8 nitrogen and oxygen atoms in total. The molecule has 0 aliphatic carbocycles. The van der Waals surface area contributed by atoms with Crippen LogP contribution in [0.2, 0.25) is 0 Å². The van der Waals surface area contributed by atoms with E-state index in [1.807, 2.05) is 13.8 Å². The monoisotopic (exact) mass is 405 g/mol. The van der Waals surface area contributed by atoms with Crippen molar-refractivity contribution in [1.29, 1.82) is 0 Å². The maximum atomic E-state index is 12.2. The predicted molar refractivity (Wildman–Crippen MR) is 107 cm³/mol. The molecule has 0 saturated carbocycles. The summed E-state index contributed by atoms with van der Waals surface area (Å²) < 4.78 is 9.94. The highest BCUT2D eigenvalue weighted by molar-refractivity contribution is 7.13. The fourth-order valence-corrected chi connectivity index (χ4v) is 2.78. The Morgan fingerprint density at radius 3 is 2.46 bits per heavy atom. The average Bonchev–Trinajstić information content (AvgIpc) is 3.07. The second-order valence-electron chi connectivity index (χ2n) is 6.28. The second kappa shape index (κ2) is 10.4. The molecule has 0 atom stereocenters. The summed E-state index contributed by atoms with van der Waals surface area (Å²) in [6.07, 6.45) is -0.514. The molecule has 28 heavy (non-hydrogen) atoms. The van der Waals surface area contributed by atoms with Crippen molar-refractivity contribution in [2.75, 3.05) is 23.8 Å². The minimum atomic E-state index is -0.569. The number of thiazole rings is 1. The number of rotatable bonds is 8. The predicted octanol–water partition coefficient (Wildman–Crippen LogP) is 3.71. The van der Waals surface area contributed by atoms with Gasteiger partial charge in [-0.25, -0.2) is 14.6 Å². The molecule has 150 valence electrons. The van der Waals surface area contributed by atoms with Gasteiger partial charge in [-0.3, -0.25) is 10.1 Å². The van der Waals surface area contributed by atoms with E-state index in [0.717, 1.165) is 0 Å². The molecule has 0 spiro atoms. The van der Waals surface area contributed by atoms with Crippen LogP contribution in [0.4, 0.5) is 15.6 Å². The van der Waals surface area contributed by atoms with Gasteiger partial charge in [0.15, 0.2) is 5.13 Å². The highest BCUT2D eigenvalue weighted by Crippen LogP contribution is 2.17. The van der Waals surface area contributed by atoms with Gasteiger partial charge in [0.2, 0.25) is 5.91 Å². The molecule has 0 bridgehead atoms. The Kier molecular flexibility index (Phi) is 7.94. The van der Waals surface area contributed by atoms with Crippen LogP contribution in [0, 0.1) is 5.92 Å². The lowest BCUT2D eigenvalue weighted by atomic mass is 10.2. The van der Waals surface area contributed by atoms with Crippen LogP contribution in [-0.4, -0.2) is 36.2 Å². The van der Waals surface area contributed by atoms with Gasteiger partial charge in [-0.1, -0.05) is 13.8 Å². The van der Waals surface area contributed by atoms with Crippen molar-refractivity contribution >= 4 is 40.1 Å². The van der Waals surface area contributed by atoms with E-state index in [1.165, 1.54) is 11.3 Å². The van der Waals surface area contributed by atoms with Crippen LogP contribution in [0.5, 0.6) is 0 Å². The molecule has 2 rings (SSSR count). The quantitative estimate of drug-likeness (QED) is 0.649. The Labute approximate surface area is 167 Å². The first-order valence-electron chi connectivity index (χ1n) is 8.82. The number of hydrogen-bond donors (Lipinski definition) is 2. The molecule has 9 heteroatoms. The molecule has 0 fully saturated rings. The molecule has 2 amide bonds. The highest BCUT2D eigenvalue weighted by atomic mass is 32.1. The minimum absolute atomic E-state index is 0.0544. The summed E-state index contributed by atoms with van der Waals surface area (Å²) in [5.41, 5.74) is 1.51. The van der Waals surface area contributed by atoms with Crippen LogP contribution in [-0.2, 0) is 20.7 Å². The number of hydrogen-bond acceptors (Lipinski definition) is 7. The van der Waals surface area contributed by atoms with Crippen LogP contribution in [0.15, 0.2) is 29.6 Å². The lowest BCUT2D eigenvalue weighted by Crippen LogP contribution is -2.17. The average molecular weight is 405 g/mol. The molecule has 2 aromatic rings. The summed E-state index contributed by atoms with van der Waals surface area (Å²) in [5, 5.41) is 7.34. The first-order chi connectivity index (χ1) is 13.4. The number of nitrogens with one attached hydrogen (secondary N) is 2. The zero-order valence-electron chi connectivity index (χ0n) is 16.0. The standard InChI is InChI=1S/C19H23N3O5S/c1-4-26-17(24)13-5-7-14(8-6-13)20-16(23)9-15-11-28-18(21-15)22-19(25)27-10-12(2)3/h5-8,11-12H,4,9-10H2,1-3H3,(H,20,23)(H,21,22,25). The van der Waals surface area contributed by atoms with Crippen molar-refractivity contribution in [2.24, 2.45) is 5.92 Å². The Morgan fingerprint density at radius 1 is 1.11 bits per heavy atom. The van der Waals surface area contributed by atoms with Crippen molar-refractivity contribution in [2.45, 2.75) is 27.2 Å². The van der Waals surface area contributed by atoms with E-state index in [-0.39, 0.29) is 18.2 Å². The number of ether oxygens (including phenoxy) is 2. The first-order valence-corrected chi connectivity index (χ1v) is 9.70. The fourth-order valence-electron chi connectivity index (χ4n) is 2.09. The van der Waals surface area contributed by atoms with E-state index in [1.54, 1.807) is 36.6 Å².